The summed E-state index contributed by atoms with van der Waals surface area (Å²) in [5.41, 5.74) is 5.53. The maximum Gasteiger partial charge on any atom is 0.377 e. The van der Waals surface area contributed by atoms with Crippen LogP contribution in [0.5, 0.6) is 0 Å². The number of nitrogens with two attached hydrogens (primary N) is 1. The van der Waals surface area contributed by atoms with Gasteiger partial charge in [0, 0.05) is 0 Å². The van der Waals surface area contributed by atoms with Crippen LogP contribution < -0.4 is 5.73 Å². The Balaban J connectivity index is 2.84. The van der Waals surface area contributed by atoms with Gasteiger partial charge in [-0.25, -0.2) is 9.59 Å². The van der Waals surface area contributed by atoms with Gasteiger partial charge >= 0.3 is 11.9 Å². The second kappa shape index (κ2) is 6.84. The highest BCUT2D eigenvalue weighted by atomic mass is 16.7. The number of furan rings is 1. The number of rotatable bonds is 5. The van der Waals surface area contributed by atoms with Crippen LogP contribution in [-0.2, 0) is 23.9 Å². The van der Waals surface area contributed by atoms with E-state index in [4.69, 9.17) is 15.0 Å². The van der Waals surface area contributed by atoms with E-state index in [1.54, 1.807) is 12.1 Å². The molecule has 0 bridgehead atoms. The van der Waals surface area contributed by atoms with Crippen molar-refractivity contribution >= 4 is 17.8 Å². The minimum Gasteiger partial charge on any atom is -0.466 e. The number of methoxy groups -OCH3 is 2. The monoisotopic (exact) mass is 268 g/mol. The van der Waals surface area contributed by atoms with E-state index < -0.39 is 17.7 Å². The van der Waals surface area contributed by atoms with Crippen LogP contribution in [0.4, 0.5) is 0 Å². The number of esters is 2. The molecule has 8 nitrogen and oxygen atoms in total. The molecule has 102 valence electrons. The molecule has 0 saturated carbocycles. The third kappa shape index (κ3) is 4.19. The lowest BCUT2D eigenvalue weighted by Gasteiger charge is -2.02. The molecule has 0 amide bonds. The van der Waals surface area contributed by atoms with Crippen molar-refractivity contribution in [1.82, 2.24) is 0 Å². The fourth-order valence-corrected chi connectivity index (χ4v) is 0.957. The minimum absolute atomic E-state index is 0.107. The van der Waals surface area contributed by atoms with Crippen molar-refractivity contribution in [3.05, 3.63) is 36.0 Å². The molecule has 8 heteroatoms. The standard InChI is InChI=1S/C11H12N2O6/c1-16-9(14)6-8(11(15)17-2)19-13-10(12)7-4-3-5-18-7/h3-6H,1-2H3,(H2,12,13)/b8-6+. The second-order valence-electron chi connectivity index (χ2n) is 3.07. The fraction of sp³-hybridized carbons (Fsp3) is 0.182. The summed E-state index contributed by atoms with van der Waals surface area (Å²) in [6.07, 6.45) is 2.17. The van der Waals surface area contributed by atoms with Gasteiger partial charge in [0.25, 0.3) is 0 Å². The number of hydrogen-bond acceptors (Lipinski definition) is 7. The first kappa shape index (κ1) is 14.3. The molecule has 0 aromatic carbocycles. The SMILES string of the molecule is COC(=O)/C=C(/O/N=C(\N)c1ccco1)C(=O)OC. The lowest BCUT2D eigenvalue weighted by atomic mass is 10.4. The van der Waals surface area contributed by atoms with Crippen molar-refractivity contribution in [3.63, 3.8) is 0 Å². The number of carbonyl (C=O) groups excluding carboxylic acids is 2. The first-order chi connectivity index (χ1) is 9.08. The highest BCUT2D eigenvalue weighted by molar-refractivity contribution is 5.96. The van der Waals surface area contributed by atoms with Crippen LogP contribution in [0.1, 0.15) is 5.76 Å². The summed E-state index contributed by atoms with van der Waals surface area (Å²) >= 11 is 0. The van der Waals surface area contributed by atoms with Crippen LogP contribution in [0.3, 0.4) is 0 Å². The van der Waals surface area contributed by atoms with E-state index >= 15 is 0 Å². The average Bonchev–Trinajstić information content (AvgIpc) is 2.95. The summed E-state index contributed by atoms with van der Waals surface area (Å²) in [5, 5.41) is 3.45. The zero-order valence-electron chi connectivity index (χ0n) is 10.3. The molecule has 2 N–H and O–H groups in total. The zero-order valence-corrected chi connectivity index (χ0v) is 10.3. The molecule has 0 aliphatic carbocycles. The van der Waals surface area contributed by atoms with Crippen LogP contribution in [0.15, 0.2) is 39.8 Å². The number of carbonyl (C=O) groups is 2. The molecular formula is C11H12N2O6. The fourth-order valence-electron chi connectivity index (χ4n) is 0.957. The molecule has 1 aromatic rings. The second-order valence-corrected chi connectivity index (χ2v) is 3.07. The molecule has 0 radical (unpaired) electrons. The Morgan fingerprint density at radius 3 is 2.63 bits per heavy atom. The predicted octanol–water partition coefficient (Wildman–Crippen LogP) is 0.146. The highest BCUT2D eigenvalue weighted by Crippen LogP contribution is 2.04. The van der Waals surface area contributed by atoms with Crippen LogP contribution >= 0.6 is 0 Å². The average molecular weight is 268 g/mol. The molecule has 0 aliphatic rings. The Bertz CT molecular complexity index is 503. The lowest BCUT2D eigenvalue weighted by Crippen LogP contribution is -2.15. The molecular weight excluding hydrogens is 256 g/mol. The summed E-state index contributed by atoms with van der Waals surface area (Å²) in [7, 11) is 2.27. The van der Waals surface area contributed by atoms with Crippen molar-refractivity contribution in [2.24, 2.45) is 10.9 Å². The summed E-state index contributed by atoms with van der Waals surface area (Å²) in [6.45, 7) is 0. The smallest absolute Gasteiger partial charge is 0.377 e. The summed E-state index contributed by atoms with van der Waals surface area (Å²) in [4.78, 5) is 27.1. The maximum atomic E-state index is 11.3. The van der Waals surface area contributed by atoms with Crippen molar-refractivity contribution < 1.29 is 28.3 Å². The quantitative estimate of drug-likeness (QED) is 0.202. The summed E-state index contributed by atoms with van der Waals surface area (Å²) in [6, 6.07) is 3.15. The Morgan fingerprint density at radius 2 is 2.11 bits per heavy atom. The number of amidine groups is 1. The first-order valence-corrected chi connectivity index (χ1v) is 5.00. The third-order valence-corrected chi connectivity index (χ3v) is 1.85. The van der Waals surface area contributed by atoms with E-state index in [2.05, 4.69) is 14.6 Å². The third-order valence-electron chi connectivity index (χ3n) is 1.85. The maximum absolute atomic E-state index is 11.3. The zero-order chi connectivity index (χ0) is 14.3. The van der Waals surface area contributed by atoms with Gasteiger partial charge in [0.05, 0.1) is 26.6 Å². The van der Waals surface area contributed by atoms with Gasteiger partial charge in [-0.2, -0.15) is 0 Å². The molecule has 1 heterocycles. The Labute approximate surface area is 108 Å². The van der Waals surface area contributed by atoms with Gasteiger partial charge in [-0.05, 0) is 12.1 Å². The number of nitrogens with zero attached hydrogens (tertiary/aromatic N) is 1. The number of ether oxygens (including phenoxy) is 2. The molecule has 1 rings (SSSR count). The van der Waals surface area contributed by atoms with Crippen LogP contribution in [0.2, 0.25) is 0 Å². The normalized spacial score (nSPS) is 11.9. The molecule has 0 fully saturated rings. The van der Waals surface area contributed by atoms with E-state index in [9.17, 15) is 9.59 Å². The van der Waals surface area contributed by atoms with Crippen molar-refractivity contribution in [2.75, 3.05) is 14.2 Å². The lowest BCUT2D eigenvalue weighted by molar-refractivity contribution is -0.142. The van der Waals surface area contributed by atoms with Crippen molar-refractivity contribution in [2.45, 2.75) is 0 Å². The van der Waals surface area contributed by atoms with Crippen LogP contribution in [0, 0.1) is 0 Å². The molecule has 19 heavy (non-hydrogen) atoms. The van der Waals surface area contributed by atoms with E-state index in [0.29, 0.717) is 0 Å². The van der Waals surface area contributed by atoms with Crippen molar-refractivity contribution in [1.29, 1.82) is 0 Å². The number of oxime groups is 1. The molecule has 0 aliphatic heterocycles. The van der Waals surface area contributed by atoms with E-state index in [1.807, 2.05) is 0 Å². The minimum atomic E-state index is -0.901. The molecule has 0 saturated heterocycles. The van der Waals surface area contributed by atoms with Gasteiger partial charge in [0.2, 0.25) is 11.6 Å². The van der Waals surface area contributed by atoms with Crippen molar-refractivity contribution in [3.8, 4) is 0 Å². The van der Waals surface area contributed by atoms with Crippen LogP contribution in [0.25, 0.3) is 0 Å². The van der Waals surface area contributed by atoms with Gasteiger partial charge in [0.1, 0.15) is 0 Å². The summed E-state index contributed by atoms with van der Waals surface area (Å²) < 4.78 is 13.7. The van der Waals surface area contributed by atoms with E-state index in [1.165, 1.54) is 6.26 Å². The Morgan fingerprint density at radius 1 is 1.37 bits per heavy atom. The molecule has 1 aromatic heterocycles. The van der Waals surface area contributed by atoms with E-state index in [0.717, 1.165) is 20.3 Å². The first-order valence-electron chi connectivity index (χ1n) is 5.00. The highest BCUT2D eigenvalue weighted by Gasteiger charge is 2.15. The Kier molecular flexibility index (Phi) is 5.15. The molecule has 0 unspecified atom stereocenters. The molecule has 0 spiro atoms. The topological polar surface area (TPSA) is 113 Å². The van der Waals surface area contributed by atoms with Gasteiger partial charge in [0.15, 0.2) is 5.76 Å². The predicted molar refractivity (Wildman–Crippen MR) is 62.6 cm³/mol. The van der Waals surface area contributed by atoms with Crippen LogP contribution in [-0.4, -0.2) is 32.0 Å². The van der Waals surface area contributed by atoms with Gasteiger partial charge in [-0.15, -0.1) is 0 Å². The van der Waals surface area contributed by atoms with E-state index in [-0.39, 0.29) is 11.6 Å². The summed E-state index contributed by atoms with van der Waals surface area (Å²) in [5.74, 6) is -2.02. The van der Waals surface area contributed by atoms with Gasteiger partial charge < -0.3 is 24.5 Å². The van der Waals surface area contributed by atoms with Gasteiger partial charge in [-0.1, -0.05) is 5.16 Å². The largest absolute Gasteiger partial charge is 0.466 e. The van der Waals surface area contributed by atoms with Gasteiger partial charge in [-0.3, -0.25) is 0 Å². The molecule has 0 atom stereocenters. The number of hydrogen-bond donors (Lipinski definition) is 1. The Hall–Kier alpha value is -2.77.